The van der Waals surface area contributed by atoms with Gasteiger partial charge in [0.15, 0.2) is 0 Å². The third kappa shape index (κ3) is 2.12. The number of hydrogen-bond donors (Lipinski definition) is 3. The van der Waals surface area contributed by atoms with Crippen LogP contribution in [-0.4, -0.2) is 16.7 Å². The van der Waals surface area contributed by atoms with E-state index < -0.39 is 0 Å². The van der Waals surface area contributed by atoms with Crippen molar-refractivity contribution in [2.24, 2.45) is 23.5 Å². The molecule has 17 heavy (non-hydrogen) atoms. The molecule has 0 spiro atoms. The number of nitrogens with one attached hydrogen (secondary N) is 2. The van der Waals surface area contributed by atoms with E-state index in [4.69, 9.17) is 28.1 Å². The summed E-state index contributed by atoms with van der Waals surface area (Å²) < 4.78 is 4.97. The summed E-state index contributed by atoms with van der Waals surface area (Å²) in [7, 11) is 0. The molecule has 4 fully saturated rings. The SMILES string of the molecule is N=C(N)OC(=S)NC12CC3CC(CC(C3)C1)C2. The van der Waals surface area contributed by atoms with Gasteiger partial charge in [0.25, 0.3) is 11.2 Å². The van der Waals surface area contributed by atoms with Gasteiger partial charge in [-0.3, -0.25) is 5.41 Å². The molecule has 0 aromatic heterocycles. The molecule has 0 amide bonds. The summed E-state index contributed by atoms with van der Waals surface area (Å²) in [5.41, 5.74) is 5.33. The van der Waals surface area contributed by atoms with E-state index >= 15 is 0 Å². The molecule has 94 valence electrons. The van der Waals surface area contributed by atoms with Crippen LogP contribution in [0.3, 0.4) is 0 Å². The molecule has 4 aliphatic rings. The molecule has 0 aliphatic heterocycles. The highest BCUT2D eigenvalue weighted by Gasteiger charge is 2.51. The first-order valence-electron chi connectivity index (χ1n) is 6.39. The van der Waals surface area contributed by atoms with Crippen molar-refractivity contribution in [2.45, 2.75) is 44.1 Å². The summed E-state index contributed by atoms with van der Waals surface area (Å²) in [4.78, 5) is 0. The average Bonchev–Trinajstić information content (AvgIpc) is 2.11. The molecule has 4 bridgehead atoms. The highest BCUT2D eigenvalue weighted by atomic mass is 32.1. The normalized spacial score (nSPS) is 42.2. The zero-order valence-electron chi connectivity index (χ0n) is 9.87. The molecular formula is C12H19N3OS. The Hall–Kier alpha value is -0.840. The first kappa shape index (κ1) is 11.3. The lowest BCUT2D eigenvalue weighted by Gasteiger charge is -2.56. The van der Waals surface area contributed by atoms with Gasteiger partial charge in [-0.2, -0.15) is 0 Å². The highest BCUT2D eigenvalue weighted by molar-refractivity contribution is 7.80. The summed E-state index contributed by atoms with van der Waals surface area (Å²) in [5.74, 6) is 2.61. The second-order valence-electron chi connectivity index (χ2n) is 6.08. The van der Waals surface area contributed by atoms with Gasteiger partial charge in [0.2, 0.25) is 0 Å². The van der Waals surface area contributed by atoms with Crippen LogP contribution in [0.5, 0.6) is 0 Å². The minimum absolute atomic E-state index is 0.140. The molecule has 5 heteroatoms. The predicted molar refractivity (Wildman–Crippen MR) is 69.6 cm³/mol. The summed E-state index contributed by atoms with van der Waals surface area (Å²) in [6.07, 6.45) is 7.84. The van der Waals surface area contributed by atoms with Gasteiger partial charge >= 0.3 is 0 Å². The fraction of sp³-hybridized carbons (Fsp3) is 0.833. The largest absolute Gasteiger partial charge is 0.399 e. The van der Waals surface area contributed by atoms with Crippen LogP contribution in [0.25, 0.3) is 0 Å². The number of hydrogen-bond acceptors (Lipinski definition) is 3. The fourth-order valence-electron chi connectivity index (χ4n) is 4.61. The van der Waals surface area contributed by atoms with E-state index in [2.05, 4.69) is 5.32 Å². The summed E-state index contributed by atoms with van der Waals surface area (Å²) in [6.45, 7) is 0. The third-order valence-corrected chi connectivity index (χ3v) is 4.79. The van der Waals surface area contributed by atoms with Crippen molar-refractivity contribution >= 4 is 23.4 Å². The van der Waals surface area contributed by atoms with Gasteiger partial charge in [-0.15, -0.1) is 0 Å². The molecule has 4 saturated carbocycles. The quantitative estimate of drug-likeness (QED) is 0.378. The number of nitrogens with two attached hydrogens (primary N) is 1. The van der Waals surface area contributed by atoms with Gasteiger partial charge < -0.3 is 15.8 Å². The number of amidine groups is 1. The maximum absolute atomic E-state index is 7.09. The van der Waals surface area contributed by atoms with E-state index in [9.17, 15) is 0 Å². The van der Waals surface area contributed by atoms with Crippen molar-refractivity contribution in [1.82, 2.24) is 5.32 Å². The van der Waals surface area contributed by atoms with Gasteiger partial charge in [0.05, 0.1) is 0 Å². The smallest absolute Gasteiger partial charge is 0.286 e. The Balaban J connectivity index is 1.70. The molecule has 4 aliphatic carbocycles. The Kier molecular flexibility index (Phi) is 2.54. The van der Waals surface area contributed by atoms with Crippen molar-refractivity contribution in [3.8, 4) is 0 Å². The van der Waals surface area contributed by atoms with Crippen LogP contribution in [0.15, 0.2) is 0 Å². The van der Waals surface area contributed by atoms with Crippen molar-refractivity contribution < 1.29 is 4.74 Å². The predicted octanol–water partition coefficient (Wildman–Crippen LogP) is 1.74. The van der Waals surface area contributed by atoms with Crippen LogP contribution in [0, 0.1) is 23.2 Å². The first-order chi connectivity index (χ1) is 8.05. The molecule has 0 aromatic rings. The van der Waals surface area contributed by atoms with E-state index in [1.807, 2.05) is 0 Å². The molecule has 0 heterocycles. The zero-order chi connectivity index (χ0) is 12.0. The summed E-state index contributed by atoms with van der Waals surface area (Å²) in [6, 6.07) is -0.327. The summed E-state index contributed by atoms with van der Waals surface area (Å²) in [5, 5.41) is 10.7. The Labute approximate surface area is 107 Å². The lowest BCUT2D eigenvalue weighted by atomic mass is 9.53. The first-order valence-corrected chi connectivity index (χ1v) is 6.79. The molecular weight excluding hydrogens is 234 g/mol. The van der Waals surface area contributed by atoms with Crippen LogP contribution in [0.1, 0.15) is 38.5 Å². The highest BCUT2D eigenvalue weighted by Crippen LogP contribution is 2.55. The van der Waals surface area contributed by atoms with Crippen LogP contribution < -0.4 is 11.1 Å². The molecule has 0 atom stereocenters. The molecule has 4 N–H and O–H groups in total. The molecule has 0 aromatic carbocycles. The second-order valence-corrected chi connectivity index (χ2v) is 6.45. The van der Waals surface area contributed by atoms with Crippen LogP contribution >= 0.6 is 12.2 Å². The van der Waals surface area contributed by atoms with E-state index in [1.54, 1.807) is 0 Å². The lowest BCUT2D eigenvalue weighted by molar-refractivity contribution is -0.0115. The van der Waals surface area contributed by atoms with Crippen molar-refractivity contribution in [2.75, 3.05) is 0 Å². The van der Waals surface area contributed by atoms with Crippen molar-refractivity contribution in [3.63, 3.8) is 0 Å². The number of thiocarbonyl (C=S) groups is 1. The van der Waals surface area contributed by atoms with Crippen molar-refractivity contribution in [1.29, 1.82) is 5.41 Å². The topological polar surface area (TPSA) is 71.1 Å². The van der Waals surface area contributed by atoms with Crippen LogP contribution in [-0.2, 0) is 4.74 Å². The van der Waals surface area contributed by atoms with Gasteiger partial charge in [-0.05, 0) is 68.5 Å². The van der Waals surface area contributed by atoms with Crippen LogP contribution in [0.2, 0.25) is 0 Å². The maximum atomic E-state index is 7.09. The van der Waals surface area contributed by atoms with E-state index in [-0.39, 0.29) is 16.7 Å². The number of rotatable bonds is 1. The minimum Gasteiger partial charge on any atom is -0.399 e. The fourth-order valence-corrected chi connectivity index (χ4v) is 4.91. The number of ether oxygens (including phenoxy) is 1. The standard InChI is InChI=1S/C12H19N3OS/c13-10(14)16-11(17)15-12-4-7-1-8(5-12)3-9(2-7)6-12/h7-9H,1-6H2,(H3,13,14)(H,15,17). The van der Waals surface area contributed by atoms with E-state index in [1.165, 1.54) is 38.5 Å². The van der Waals surface area contributed by atoms with E-state index in [0.29, 0.717) is 0 Å². The minimum atomic E-state index is -0.327. The molecule has 0 saturated heterocycles. The molecule has 4 nitrogen and oxygen atoms in total. The van der Waals surface area contributed by atoms with Crippen molar-refractivity contribution in [3.05, 3.63) is 0 Å². The Morgan fingerprint density at radius 2 is 1.65 bits per heavy atom. The van der Waals surface area contributed by atoms with Gasteiger partial charge in [0.1, 0.15) is 0 Å². The molecule has 0 radical (unpaired) electrons. The lowest BCUT2D eigenvalue weighted by Crippen LogP contribution is -2.60. The monoisotopic (exact) mass is 253 g/mol. The zero-order valence-corrected chi connectivity index (χ0v) is 10.7. The van der Waals surface area contributed by atoms with Gasteiger partial charge in [-0.1, -0.05) is 0 Å². The Morgan fingerprint density at radius 3 is 2.06 bits per heavy atom. The van der Waals surface area contributed by atoms with E-state index in [0.717, 1.165) is 17.8 Å². The van der Waals surface area contributed by atoms with Gasteiger partial charge in [-0.25, -0.2) is 0 Å². The third-order valence-electron chi connectivity index (χ3n) is 4.61. The second kappa shape index (κ2) is 3.83. The molecule has 4 rings (SSSR count). The van der Waals surface area contributed by atoms with Gasteiger partial charge in [0, 0.05) is 5.54 Å². The Bertz CT molecular complexity index is 333. The average molecular weight is 253 g/mol. The summed E-state index contributed by atoms with van der Waals surface area (Å²) >= 11 is 5.11. The molecule has 0 unspecified atom stereocenters. The Morgan fingerprint density at radius 1 is 1.18 bits per heavy atom. The maximum Gasteiger partial charge on any atom is 0.286 e. The van der Waals surface area contributed by atoms with Crippen LogP contribution in [0.4, 0.5) is 0 Å².